The second kappa shape index (κ2) is 7.62. The number of nitrogens with one attached hydrogen (secondary N) is 1. The van der Waals surface area contributed by atoms with E-state index in [1.807, 2.05) is 30.3 Å². The highest BCUT2D eigenvalue weighted by molar-refractivity contribution is 14.1. The van der Waals surface area contributed by atoms with E-state index in [2.05, 4.69) is 27.9 Å². The molecule has 156 valence electrons. The lowest BCUT2D eigenvalue weighted by atomic mass is 9.99. The van der Waals surface area contributed by atoms with Crippen LogP contribution in [0.3, 0.4) is 0 Å². The molecule has 1 N–H and O–H groups in total. The quantitative estimate of drug-likeness (QED) is 0.588. The van der Waals surface area contributed by atoms with E-state index in [1.165, 1.54) is 0 Å². The van der Waals surface area contributed by atoms with Gasteiger partial charge in [-0.25, -0.2) is 4.39 Å². The van der Waals surface area contributed by atoms with Crippen LogP contribution in [0.5, 0.6) is 0 Å². The van der Waals surface area contributed by atoms with Crippen LogP contribution in [0, 0.1) is 28.1 Å². The van der Waals surface area contributed by atoms with E-state index in [-0.39, 0.29) is 29.7 Å². The van der Waals surface area contributed by atoms with Crippen LogP contribution < -0.4 is 5.32 Å². The van der Waals surface area contributed by atoms with Crippen molar-refractivity contribution in [3.05, 3.63) is 68.5 Å². The number of benzene rings is 2. The minimum atomic E-state index is -0.448. The third kappa shape index (κ3) is 3.74. The van der Waals surface area contributed by atoms with Crippen LogP contribution in [-0.2, 0) is 4.79 Å². The summed E-state index contributed by atoms with van der Waals surface area (Å²) in [5.74, 6) is 0.336. The molecule has 3 fully saturated rings. The number of hydrogen-bond acceptors (Lipinski definition) is 2. The fourth-order valence-corrected chi connectivity index (χ4v) is 5.25. The van der Waals surface area contributed by atoms with Crippen LogP contribution >= 0.6 is 22.6 Å². The number of fused-ring (bicyclic) bond motifs is 1. The van der Waals surface area contributed by atoms with Crippen molar-refractivity contribution < 1.29 is 14.0 Å². The second-order valence-corrected chi connectivity index (χ2v) is 10.1. The Hall–Kier alpha value is -1.96. The Morgan fingerprint density at radius 3 is 2.67 bits per heavy atom. The van der Waals surface area contributed by atoms with Crippen molar-refractivity contribution in [3.8, 4) is 0 Å². The lowest BCUT2D eigenvalue weighted by molar-refractivity contribution is -0.126. The van der Waals surface area contributed by atoms with Gasteiger partial charge in [0.2, 0.25) is 5.91 Å². The molecular weight excluding hydrogens is 494 g/mol. The minimum Gasteiger partial charge on any atom is -0.347 e. The van der Waals surface area contributed by atoms with Crippen LogP contribution in [0.4, 0.5) is 4.39 Å². The van der Waals surface area contributed by atoms with Gasteiger partial charge in [-0.15, -0.1) is 0 Å². The number of aryl methyl sites for hydroxylation is 1. The number of carbonyl (C=O) groups excluding carboxylic acids is 2. The summed E-state index contributed by atoms with van der Waals surface area (Å²) in [6.45, 7) is 1.74. The first-order valence-electron chi connectivity index (χ1n) is 10.6. The number of carbonyl (C=O) groups is 2. The molecule has 0 spiro atoms. The zero-order valence-corrected chi connectivity index (χ0v) is 18.9. The lowest BCUT2D eigenvalue weighted by Gasteiger charge is -2.29. The van der Waals surface area contributed by atoms with Gasteiger partial charge in [0.15, 0.2) is 0 Å². The SMILES string of the molecule is Cc1ccc([C@H](NC(=O)[C@H]2C[C@H]3C[C@H]3N2C(=O)c2cccc(I)c2)C2CC2)cc1F. The van der Waals surface area contributed by atoms with Crippen molar-refractivity contribution in [3.63, 3.8) is 0 Å². The van der Waals surface area contributed by atoms with E-state index in [4.69, 9.17) is 0 Å². The molecule has 2 aromatic rings. The maximum Gasteiger partial charge on any atom is 0.254 e. The Kier molecular flexibility index (Phi) is 5.08. The summed E-state index contributed by atoms with van der Waals surface area (Å²) in [5.41, 5.74) is 2.05. The first kappa shape index (κ1) is 20.0. The summed E-state index contributed by atoms with van der Waals surface area (Å²) in [4.78, 5) is 28.3. The second-order valence-electron chi connectivity index (χ2n) is 8.87. The summed E-state index contributed by atoms with van der Waals surface area (Å²) >= 11 is 2.20. The highest BCUT2D eigenvalue weighted by Gasteiger charge is 2.56. The molecule has 0 unspecified atom stereocenters. The number of halogens is 2. The van der Waals surface area contributed by atoms with Crippen molar-refractivity contribution in [1.82, 2.24) is 10.2 Å². The molecule has 4 atom stereocenters. The van der Waals surface area contributed by atoms with Crippen molar-refractivity contribution >= 4 is 34.4 Å². The molecule has 1 aliphatic heterocycles. The Labute approximate surface area is 189 Å². The maximum atomic E-state index is 14.1. The molecule has 6 heteroatoms. The molecule has 2 aliphatic carbocycles. The number of piperidine rings is 1. The zero-order chi connectivity index (χ0) is 21.0. The number of nitrogens with zero attached hydrogens (tertiary/aromatic N) is 1. The van der Waals surface area contributed by atoms with Gasteiger partial charge in [-0.2, -0.15) is 0 Å². The first-order chi connectivity index (χ1) is 14.4. The molecule has 30 heavy (non-hydrogen) atoms. The molecule has 0 aromatic heterocycles. The van der Waals surface area contributed by atoms with Crippen molar-refractivity contribution in [2.24, 2.45) is 11.8 Å². The van der Waals surface area contributed by atoms with Gasteiger partial charge in [-0.05, 0) is 102 Å². The third-order valence-corrected chi connectivity index (χ3v) is 7.33. The van der Waals surface area contributed by atoms with Crippen LogP contribution in [0.15, 0.2) is 42.5 Å². The van der Waals surface area contributed by atoms with E-state index < -0.39 is 6.04 Å². The smallest absolute Gasteiger partial charge is 0.254 e. The molecule has 4 nitrogen and oxygen atoms in total. The first-order valence-corrected chi connectivity index (χ1v) is 11.6. The van der Waals surface area contributed by atoms with Gasteiger partial charge in [0.1, 0.15) is 11.9 Å². The van der Waals surface area contributed by atoms with Gasteiger partial charge in [0, 0.05) is 15.2 Å². The molecule has 1 heterocycles. The Bertz CT molecular complexity index is 1020. The van der Waals surface area contributed by atoms with Crippen molar-refractivity contribution in [2.75, 3.05) is 0 Å². The fourth-order valence-electron chi connectivity index (χ4n) is 4.71. The summed E-state index contributed by atoms with van der Waals surface area (Å²) in [7, 11) is 0. The Balaban J connectivity index is 1.36. The van der Waals surface area contributed by atoms with E-state index in [9.17, 15) is 14.0 Å². The van der Waals surface area contributed by atoms with E-state index >= 15 is 0 Å². The number of rotatable bonds is 5. The minimum absolute atomic E-state index is 0.0666. The molecule has 2 saturated carbocycles. The monoisotopic (exact) mass is 518 g/mol. The molecule has 5 rings (SSSR count). The van der Waals surface area contributed by atoms with E-state index in [1.54, 1.807) is 24.0 Å². The Morgan fingerprint density at radius 2 is 1.97 bits per heavy atom. The van der Waals surface area contributed by atoms with Gasteiger partial charge >= 0.3 is 0 Å². The summed E-state index contributed by atoms with van der Waals surface area (Å²) in [6.07, 6.45) is 3.75. The average Bonchev–Trinajstić information content (AvgIpc) is 3.66. The average molecular weight is 518 g/mol. The van der Waals surface area contributed by atoms with Crippen LogP contribution in [0.2, 0.25) is 0 Å². The van der Waals surface area contributed by atoms with Gasteiger partial charge in [-0.1, -0.05) is 18.2 Å². The highest BCUT2D eigenvalue weighted by atomic mass is 127. The molecule has 2 amide bonds. The summed E-state index contributed by atoms with van der Waals surface area (Å²) < 4.78 is 15.1. The van der Waals surface area contributed by atoms with E-state index in [0.717, 1.165) is 28.4 Å². The zero-order valence-electron chi connectivity index (χ0n) is 16.8. The lowest BCUT2D eigenvalue weighted by Crippen LogP contribution is -2.49. The number of likely N-dealkylation sites (tertiary alicyclic amines) is 1. The van der Waals surface area contributed by atoms with Gasteiger partial charge in [0.05, 0.1) is 6.04 Å². The normalized spacial score (nSPS) is 25.6. The van der Waals surface area contributed by atoms with E-state index in [0.29, 0.717) is 29.4 Å². The van der Waals surface area contributed by atoms with Crippen LogP contribution in [0.25, 0.3) is 0 Å². The fraction of sp³-hybridized carbons (Fsp3) is 0.417. The molecule has 2 aromatic carbocycles. The van der Waals surface area contributed by atoms with Crippen LogP contribution in [-0.4, -0.2) is 28.8 Å². The number of hydrogen-bond donors (Lipinski definition) is 1. The van der Waals surface area contributed by atoms with Crippen LogP contribution in [0.1, 0.15) is 53.2 Å². The Morgan fingerprint density at radius 1 is 1.17 bits per heavy atom. The molecule has 0 radical (unpaired) electrons. The standard InChI is InChI=1S/C24H24FIN2O2/c1-13-5-6-15(10-19(13)25)22(14-7-8-14)27-23(29)21-12-17-11-20(17)28(21)24(30)16-3-2-4-18(26)9-16/h2-6,9-10,14,17,20-22H,7-8,11-12H2,1H3,(H,27,29)/t17-,20-,21-,22-/m1/s1. The van der Waals surface area contributed by atoms with Crippen molar-refractivity contribution in [2.45, 2.75) is 50.7 Å². The summed E-state index contributed by atoms with van der Waals surface area (Å²) in [6, 6.07) is 12.3. The topological polar surface area (TPSA) is 49.4 Å². The molecule has 0 bridgehead atoms. The van der Waals surface area contributed by atoms with Gasteiger partial charge in [0.25, 0.3) is 5.91 Å². The predicted molar refractivity (Wildman–Crippen MR) is 120 cm³/mol. The molecule has 1 saturated heterocycles. The maximum absolute atomic E-state index is 14.1. The highest BCUT2D eigenvalue weighted by Crippen LogP contribution is 2.49. The molecule has 3 aliphatic rings. The summed E-state index contributed by atoms with van der Waals surface area (Å²) in [5, 5.41) is 3.17. The number of amides is 2. The predicted octanol–water partition coefficient (Wildman–Crippen LogP) is 4.61. The third-order valence-electron chi connectivity index (χ3n) is 6.66. The van der Waals surface area contributed by atoms with Crippen molar-refractivity contribution in [1.29, 1.82) is 0 Å². The largest absolute Gasteiger partial charge is 0.347 e. The van der Waals surface area contributed by atoms with Gasteiger partial charge < -0.3 is 10.2 Å². The van der Waals surface area contributed by atoms with Gasteiger partial charge in [-0.3, -0.25) is 9.59 Å². The molecular formula is C24H24FIN2O2.